The Kier molecular flexibility index (Phi) is 11.2. The highest BCUT2D eigenvalue weighted by molar-refractivity contribution is 5.94. The second kappa shape index (κ2) is 15.2. The number of ketones is 1. The van der Waals surface area contributed by atoms with Gasteiger partial charge in [-0.2, -0.15) is 0 Å². The van der Waals surface area contributed by atoms with Crippen molar-refractivity contribution in [1.29, 1.82) is 0 Å². The molecule has 1 saturated heterocycles. The van der Waals surface area contributed by atoms with Crippen molar-refractivity contribution in [2.24, 2.45) is 22.2 Å². The third-order valence-electron chi connectivity index (χ3n) is 13.0. The molecule has 58 heavy (non-hydrogen) atoms. The molecule has 6 rings (SSSR count). The SMILES string of the molecule is CC(=O)O[C@@]12CO[C@@H]1C[C@H](O)[C@@]1(C)C(=O)[C@H](O)C3=C(C)[C@@H](OC(=O)[C@H](O)[C@@H](NC(=O)Nc4ccccc4)C(C)(C)C)C[C@@](O)([C@@H](OC(=O)c4ccccc4)[C@H]21)C3(C)C. The van der Waals surface area contributed by atoms with Crippen LogP contribution in [0, 0.1) is 22.2 Å². The van der Waals surface area contributed by atoms with E-state index in [0.717, 1.165) is 6.92 Å². The topological polar surface area (TPSA) is 227 Å². The van der Waals surface area contributed by atoms with Crippen LogP contribution in [0.3, 0.4) is 0 Å². The van der Waals surface area contributed by atoms with Crippen LogP contribution >= 0.6 is 0 Å². The van der Waals surface area contributed by atoms with Gasteiger partial charge in [0, 0.05) is 30.9 Å². The molecular weight excluding hydrogens is 752 g/mol. The van der Waals surface area contributed by atoms with Crippen LogP contribution in [0.15, 0.2) is 71.8 Å². The van der Waals surface area contributed by atoms with Crippen LogP contribution in [0.25, 0.3) is 0 Å². The number of esters is 3. The maximum atomic E-state index is 14.9. The summed E-state index contributed by atoms with van der Waals surface area (Å²) in [6.45, 7) is 12.0. The average Bonchev–Trinajstić information content (AvgIpc) is 3.15. The number of rotatable bonds is 8. The molecule has 0 spiro atoms. The normalized spacial score (nSPS) is 33.7. The number of anilines is 1. The molecule has 2 aromatic carbocycles. The van der Waals surface area contributed by atoms with Crippen LogP contribution in [-0.4, -0.2) is 111 Å². The Morgan fingerprint density at radius 3 is 2.10 bits per heavy atom. The van der Waals surface area contributed by atoms with Crippen molar-refractivity contribution in [3.63, 3.8) is 0 Å². The number of nitrogens with one attached hydrogen (secondary N) is 2. The fraction of sp³-hybridized carbons (Fsp3) is 0.558. The number of aliphatic hydroxyl groups is 4. The van der Waals surface area contributed by atoms with E-state index in [0.29, 0.717) is 5.69 Å². The van der Waals surface area contributed by atoms with E-state index < -0.39 is 112 Å². The van der Waals surface area contributed by atoms with Gasteiger partial charge >= 0.3 is 23.9 Å². The van der Waals surface area contributed by atoms with Gasteiger partial charge in [-0.15, -0.1) is 0 Å². The predicted molar refractivity (Wildman–Crippen MR) is 207 cm³/mol. The van der Waals surface area contributed by atoms with E-state index in [2.05, 4.69) is 10.6 Å². The van der Waals surface area contributed by atoms with Crippen LogP contribution in [0.2, 0.25) is 0 Å². The van der Waals surface area contributed by atoms with Gasteiger partial charge in [0.15, 0.2) is 17.5 Å². The van der Waals surface area contributed by atoms with Crippen molar-refractivity contribution >= 4 is 35.4 Å². The van der Waals surface area contributed by atoms with Crippen LogP contribution in [0.5, 0.6) is 0 Å². The predicted octanol–water partition coefficient (Wildman–Crippen LogP) is 3.23. The number of hydrogen-bond donors (Lipinski definition) is 6. The lowest BCUT2D eigenvalue weighted by atomic mass is 9.44. The number of amides is 2. The van der Waals surface area contributed by atoms with Gasteiger partial charge in [-0.25, -0.2) is 14.4 Å². The van der Waals surface area contributed by atoms with Crippen LogP contribution in [-0.2, 0) is 33.3 Å². The lowest BCUT2D eigenvalue weighted by molar-refractivity contribution is -0.346. The van der Waals surface area contributed by atoms with Crippen molar-refractivity contribution in [2.45, 2.75) is 122 Å². The molecule has 1 aliphatic heterocycles. The number of fused-ring (bicyclic) bond motifs is 5. The minimum Gasteiger partial charge on any atom is -0.456 e. The summed E-state index contributed by atoms with van der Waals surface area (Å²) < 4.78 is 24.1. The standard InChI is InChI=1S/C43H54N2O13/c1-22-26(56-37(52)31(49)33(39(3,4)5)45-38(53)44-25-17-13-10-14-18-25)20-43(54)35(57-36(51)24-15-11-9-12-16-24)32-41(8,34(50)30(48)29(22)40(43,6)7)27(47)19-28-42(32,21-55-28)58-23(2)46/h9-18,26-28,30-33,35,47-49,54H,19-21H2,1-8H3,(H2,44,45,53)/t26-,27-,28+,30+,31+,32-,33+,35-,41+,42-,43+/m0/s1. The van der Waals surface area contributed by atoms with Gasteiger partial charge in [0.05, 0.1) is 35.6 Å². The van der Waals surface area contributed by atoms with Gasteiger partial charge in [0.25, 0.3) is 0 Å². The van der Waals surface area contributed by atoms with Gasteiger partial charge in [-0.05, 0) is 54.7 Å². The molecule has 11 atom stereocenters. The number of carbonyl (C=O) groups excluding carboxylic acids is 5. The Labute approximate surface area is 337 Å². The zero-order valence-electron chi connectivity index (χ0n) is 34.0. The quantitative estimate of drug-likeness (QED) is 0.128. The minimum atomic E-state index is -2.34. The largest absolute Gasteiger partial charge is 0.456 e. The third kappa shape index (κ3) is 7.00. The molecule has 15 nitrogen and oxygen atoms in total. The number of para-hydroxylation sites is 1. The number of carbonyl (C=O) groups is 5. The second-order valence-corrected chi connectivity index (χ2v) is 17.8. The first-order valence-electron chi connectivity index (χ1n) is 19.4. The molecule has 2 saturated carbocycles. The van der Waals surface area contributed by atoms with E-state index in [1.165, 1.54) is 26.0 Å². The molecular formula is C43H54N2O13. The molecule has 4 aliphatic rings. The average molecular weight is 807 g/mol. The summed E-state index contributed by atoms with van der Waals surface area (Å²) in [5.74, 6) is -5.28. The summed E-state index contributed by atoms with van der Waals surface area (Å²) in [6.07, 6.45) is -10.4. The fourth-order valence-electron chi connectivity index (χ4n) is 9.72. The molecule has 2 bridgehead atoms. The summed E-state index contributed by atoms with van der Waals surface area (Å²) in [6, 6.07) is 14.5. The molecule has 6 N–H and O–H groups in total. The number of ether oxygens (including phenoxy) is 4. The third-order valence-corrected chi connectivity index (χ3v) is 13.0. The molecule has 3 aliphatic carbocycles. The lowest BCUT2D eigenvalue weighted by Gasteiger charge is -2.67. The molecule has 15 heteroatoms. The molecule has 0 aromatic heterocycles. The monoisotopic (exact) mass is 806 g/mol. The van der Waals surface area contributed by atoms with Gasteiger partial charge in [-0.3, -0.25) is 9.59 Å². The highest BCUT2D eigenvalue weighted by atomic mass is 16.6. The first kappa shape index (κ1) is 42.9. The number of urea groups is 1. The molecule has 3 fully saturated rings. The van der Waals surface area contributed by atoms with Crippen LogP contribution < -0.4 is 10.6 Å². The van der Waals surface area contributed by atoms with Crippen molar-refractivity contribution in [3.8, 4) is 0 Å². The highest BCUT2D eigenvalue weighted by Crippen LogP contribution is 2.64. The number of Topliss-reactive ketones (excluding diaryl/α,β-unsaturated/α-hetero) is 1. The maximum Gasteiger partial charge on any atom is 0.338 e. The van der Waals surface area contributed by atoms with Crippen LogP contribution in [0.1, 0.15) is 78.6 Å². The van der Waals surface area contributed by atoms with Crippen molar-refractivity contribution in [1.82, 2.24) is 5.32 Å². The smallest absolute Gasteiger partial charge is 0.338 e. The molecule has 2 amide bonds. The minimum absolute atomic E-state index is 0.0487. The number of aliphatic hydroxyl groups excluding tert-OH is 3. The van der Waals surface area contributed by atoms with Gasteiger partial charge in [0.1, 0.15) is 30.0 Å². The van der Waals surface area contributed by atoms with E-state index in [4.69, 9.17) is 18.9 Å². The van der Waals surface area contributed by atoms with E-state index in [1.54, 1.807) is 83.1 Å². The second-order valence-electron chi connectivity index (χ2n) is 17.8. The zero-order valence-corrected chi connectivity index (χ0v) is 34.0. The number of hydrogen-bond acceptors (Lipinski definition) is 13. The fourth-order valence-corrected chi connectivity index (χ4v) is 9.72. The Bertz CT molecular complexity index is 1980. The zero-order chi connectivity index (χ0) is 42.7. The molecule has 314 valence electrons. The van der Waals surface area contributed by atoms with Gasteiger partial charge in [0.2, 0.25) is 0 Å². The Balaban J connectivity index is 1.45. The molecule has 1 heterocycles. The van der Waals surface area contributed by atoms with E-state index in [1.807, 2.05) is 0 Å². The van der Waals surface area contributed by atoms with Crippen molar-refractivity contribution < 1.29 is 63.3 Å². The Morgan fingerprint density at radius 1 is 0.948 bits per heavy atom. The summed E-state index contributed by atoms with van der Waals surface area (Å²) >= 11 is 0. The van der Waals surface area contributed by atoms with E-state index >= 15 is 0 Å². The Hall–Kier alpha value is -4.67. The summed E-state index contributed by atoms with van der Waals surface area (Å²) in [4.78, 5) is 69.0. The Morgan fingerprint density at radius 2 is 1.55 bits per heavy atom. The number of benzene rings is 2. The summed E-state index contributed by atoms with van der Waals surface area (Å²) in [5.41, 5.74) is -7.90. The van der Waals surface area contributed by atoms with Gasteiger partial charge < -0.3 is 50.0 Å². The maximum absolute atomic E-state index is 14.9. The summed E-state index contributed by atoms with van der Waals surface area (Å²) in [7, 11) is 0. The highest BCUT2D eigenvalue weighted by Gasteiger charge is 2.78. The molecule has 2 aromatic rings. The van der Waals surface area contributed by atoms with Crippen LogP contribution in [0.4, 0.5) is 10.5 Å². The van der Waals surface area contributed by atoms with E-state index in [-0.39, 0.29) is 29.7 Å². The molecule has 0 unspecified atom stereocenters. The van der Waals surface area contributed by atoms with Gasteiger partial charge in [-0.1, -0.05) is 71.0 Å². The summed E-state index contributed by atoms with van der Waals surface area (Å²) in [5, 5.41) is 54.3. The first-order chi connectivity index (χ1) is 27.0. The first-order valence-corrected chi connectivity index (χ1v) is 19.4. The van der Waals surface area contributed by atoms with Crippen molar-refractivity contribution in [3.05, 3.63) is 77.4 Å². The molecule has 0 radical (unpaired) electrons. The van der Waals surface area contributed by atoms with Crippen molar-refractivity contribution in [2.75, 3.05) is 11.9 Å². The lowest BCUT2D eigenvalue weighted by Crippen LogP contribution is -2.81. The van der Waals surface area contributed by atoms with E-state index in [9.17, 15) is 44.4 Å².